The molecule has 0 radical (unpaired) electrons. The minimum atomic E-state index is -0.321. The van der Waals surface area contributed by atoms with Crippen molar-refractivity contribution in [3.8, 4) is 5.75 Å². The quantitative estimate of drug-likeness (QED) is 0.883. The number of benzene rings is 1. The summed E-state index contributed by atoms with van der Waals surface area (Å²) in [6, 6.07) is 6.40. The number of nitrogens with one attached hydrogen (secondary N) is 1. The Morgan fingerprint density at radius 3 is 2.61 bits per heavy atom. The van der Waals surface area contributed by atoms with Crippen molar-refractivity contribution >= 4 is 16.9 Å². The molecule has 1 heterocycles. The van der Waals surface area contributed by atoms with Crippen LogP contribution in [-0.2, 0) is 0 Å². The summed E-state index contributed by atoms with van der Waals surface area (Å²) in [6.45, 7) is 0. The predicted octanol–water partition coefficient (Wildman–Crippen LogP) is 3.25. The lowest BCUT2D eigenvalue weighted by Gasteiger charge is -2.15. The third-order valence-electron chi connectivity index (χ3n) is 4.35. The summed E-state index contributed by atoms with van der Waals surface area (Å²) in [4.78, 5) is 24.6. The Morgan fingerprint density at radius 2 is 1.91 bits per heavy atom. The molecule has 0 spiro atoms. The summed E-state index contributed by atoms with van der Waals surface area (Å²) in [7, 11) is 1.54. The van der Waals surface area contributed by atoms with Gasteiger partial charge in [0.05, 0.1) is 12.5 Å². The molecule has 0 saturated heterocycles. The van der Waals surface area contributed by atoms with E-state index in [1.165, 1.54) is 18.9 Å². The first kappa shape index (κ1) is 15.6. The van der Waals surface area contributed by atoms with Crippen molar-refractivity contribution in [3.63, 3.8) is 0 Å². The van der Waals surface area contributed by atoms with Crippen LogP contribution in [-0.4, -0.2) is 19.1 Å². The number of fused-ring (bicyclic) bond motifs is 1. The molecule has 0 unspecified atom stereocenters. The summed E-state index contributed by atoms with van der Waals surface area (Å²) in [6.07, 6.45) is 6.66. The average Bonchev–Trinajstić information content (AvgIpc) is 2.82. The van der Waals surface area contributed by atoms with Crippen LogP contribution in [0.2, 0.25) is 0 Å². The van der Waals surface area contributed by atoms with Gasteiger partial charge < -0.3 is 14.5 Å². The molecule has 5 nitrogen and oxygen atoms in total. The van der Waals surface area contributed by atoms with Gasteiger partial charge in [0.2, 0.25) is 0 Å². The first-order valence-corrected chi connectivity index (χ1v) is 8.10. The predicted molar refractivity (Wildman–Crippen MR) is 88.0 cm³/mol. The number of amides is 1. The van der Waals surface area contributed by atoms with E-state index in [1.54, 1.807) is 25.3 Å². The van der Waals surface area contributed by atoms with Gasteiger partial charge in [0.1, 0.15) is 11.3 Å². The molecule has 1 fully saturated rings. The minimum Gasteiger partial charge on any atom is -0.497 e. The van der Waals surface area contributed by atoms with Crippen LogP contribution in [0.1, 0.15) is 49.1 Å². The van der Waals surface area contributed by atoms with E-state index in [1.807, 2.05) is 0 Å². The molecular formula is C18H21NO4. The number of carbonyl (C=O) groups is 1. The molecule has 1 aromatic carbocycles. The van der Waals surface area contributed by atoms with Crippen molar-refractivity contribution in [2.24, 2.45) is 0 Å². The Labute approximate surface area is 134 Å². The smallest absolute Gasteiger partial charge is 0.287 e. The van der Waals surface area contributed by atoms with Gasteiger partial charge in [0.15, 0.2) is 11.2 Å². The third kappa shape index (κ3) is 3.55. The van der Waals surface area contributed by atoms with Crippen LogP contribution in [0.4, 0.5) is 0 Å². The number of rotatable bonds is 3. The Balaban J connectivity index is 1.86. The van der Waals surface area contributed by atoms with Crippen molar-refractivity contribution in [2.45, 2.75) is 44.6 Å². The summed E-state index contributed by atoms with van der Waals surface area (Å²) in [5.74, 6) is 0.320. The molecule has 1 saturated carbocycles. The van der Waals surface area contributed by atoms with E-state index in [0.29, 0.717) is 16.7 Å². The maximum atomic E-state index is 12.4. The minimum absolute atomic E-state index is 0.0556. The number of hydrogen-bond acceptors (Lipinski definition) is 4. The van der Waals surface area contributed by atoms with Crippen molar-refractivity contribution in [1.82, 2.24) is 5.32 Å². The molecule has 5 heteroatoms. The second-order valence-corrected chi connectivity index (χ2v) is 6.00. The van der Waals surface area contributed by atoms with Crippen molar-refractivity contribution in [2.75, 3.05) is 7.11 Å². The van der Waals surface area contributed by atoms with Gasteiger partial charge in [-0.2, -0.15) is 0 Å². The Bertz CT molecular complexity index is 757. The molecule has 2 aromatic rings. The Morgan fingerprint density at radius 1 is 1.17 bits per heavy atom. The molecular weight excluding hydrogens is 294 g/mol. The van der Waals surface area contributed by atoms with Gasteiger partial charge in [-0.05, 0) is 25.0 Å². The molecule has 0 atom stereocenters. The van der Waals surface area contributed by atoms with Crippen molar-refractivity contribution in [3.05, 3.63) is 40.2 Å². The average molecular weight is 315 g/mol. The van der Waals surface area contributed by atoms with Gasteiger partial charge in [0.25, 0.3) is 5.91 Å². The van der Waals surface area contributed by atoms with Crippen LogP contribution in [0.15, 0.2) is 33.5 Å². The molecule has 1 aliphatic rings. The van der Waals surface area contributed by atoms with Gasteiger partial charge >= 0.3 is 0 Å². The Hall–Kier alpha value is -2.30. The number of carbonyl (C=O) groups excluding carboxylic acids is 1. The molecule has 1 aromatic heterocycles. The van der Waals surface area contributed by atoms with Crippen LogP contribution >= 0.6 is 0 Å². The lowest BCUT2D eigenvalue weighted by molar-refractivity contribution is 0.0906. The van der Waals surface area contributed by atoms with Crippen LogP contribution in [0.3, 0.4) is 0 Å². The zero-order valence-electron chi connectivity index (χ0n) is 13.3. The number of methoxy groups -OCH3 is 1. The molecule has 1 N–H and O–H groups in total. The normalized spacial score (nSPS) is 16.0. The standard InChI is InChI=1S/C18H21NO4/c1-22-13-8-9-14-15(20)11-17(23-16(14)10-13)18(21)19-12-6-4-2-3-5-7-12/h8-12H,2-7H2,1H3,(H,19,21). The van der Waals surface area contributed by atoms with E-state index >= 15 is 0 Å². The van der Waals surface area contributed by atoms with E-state index in [-0.39, 0.29) is 23.1 Å². The summed E-state index contributed by atoms with van der Waals surface area (Å²) < 4.78 is 10.8. The first-order valence-electron chi connectivity index (χ1n) is 8.10. The second-order valence-electron chi connectivity index (χ2n) is 6.00. The lowest BCUT2D eigenvalue weighted by Crippen LogP contribution is -2.34. The van der Waals surface area contributed by atoms with Crippen molar-refractivity contribution < 1.29 is 13.9 Å². The molecule has 23 heavy (non-hydrogen) atoms. The fraction of sp³-hybridized carbons (Fsp3) is 0.444. The van der Waals surface area contributed by atoms with Gasteiger partial charge in [0, 0.05) is 18.2 Å². The highest BCUT2D eigenvalue weighted by Crippen LogP contribution is 2.20. The van der Waals surface area contributed by atoms with E-state index < -0.39 is 0 Å². The molecule has 1 amide bonds. The van der Waals surface area contributed by atoms with Gasteiger partial charge in [-0.3, -0.25) is 9.59 Å². The third-order valence-corrected chi connectivity index (χ3v) is 4.35. The second kappa shape index (κ2) is 6.86. The van der Waals surface area contributed by atoms with Gasteiger partial charge in [-0.1, -0.05) is 25.7 Å². The summed E-state index contributed by atoms with van der Waals surface area (Å²) in [5.41, 5.74) is 0.141. The van der Waals surface area contributed by atoms with E-state index in [0.717, 1.165) is 25.7 Å². The highest BCUT2D eigenvalue weighted by Gasteiger charge is 2.18. The van der Waals surface area contributed by atoms with E-state index in [4.69, 9.17) is 9.15 Å². The van der Waals surface area contributed by atoms with Crippen LogP contribution in [0.25, 0.3) is 11.0 Å². The topological polar surface area (TPSA) is 68.5 Å². The number of ether oxygens (including phenoxy) is 1. The Kier molecular flexibility index (Phi) is 4.65. The molecule has 0 bridgehead atoms. The highest BCUT2D eigenvalue weighted by atomic mass is 16.5. The SMILES string of the molecule is COc1ccc2c(=O)cc(C(=O)NC3CCCCCC3)oc2c1. The zero-order chi connectivity index (χ0) is 16.2. The van der Waals surface area contributed by atoms with Crippen LogP contribution in [0, 0.1) is 0 Å². The van der Waals surface area contributed by atoms with Crippen LogP contribution in [0.5, 0.6) is 5.75 Å². The molecule has 3 rings (SSSR count). The largest absolute Gasteiger partial charge is 0.497 e. The highest BCUT2D eigenvalue weighted by molar-refractivity contribution is 5.93. The fourth-order valence-electron chi connectivity index (χ4n) is 3.05. The fourth-order valence-corrected chi connectivity index (χ4v) is 3.05. The van der Waals surface area contributed by atoms with Gasteiger partial charge in [-0.25, -0.2) is 0 Å². The monoisotopic (exact) mass is 315 g/mol. The molecule has 122 valence electrons. The molecule has 0 aliphatic heterocycles. The summed E-state index contributed by atoms with van der Waals surface area (Å²) in [5, 5.41) is 3.43. The first-order chi connectivity index (χ1) is 11.2. The summed E-state index contributed by atoms with van der Waals surface area (Å²) >= 11 is 0. The van der Waals surface area contributed by atoms with Crippen molar-refractivity contribution in [1.29, 1.82) is 0 Å². The maximum Gasteiger partial charge on any atom is 0.287 e. The number of hydrogen-bond donors (Lipinski definition) is 1. The van der Waals surface area contributed by atoms with E-state index in [9.17, 15) is 9.59 Å². The zero-order valence-corrected chi connectivity index (χ0v) is 13.3. The molecule has 1 aliphatic carbocycles. The van der Waals surface area contributed by atoms with Gasteiger partial charge in [-0.15, -0.1) is 0 Å². The van der Waals surface area contributed by atoms with E-state index in [2.05, 4.69) is 5.32 Å². The lowest BCUT2D eigenvalue weighted by atomic mass is 10.1. The maximum absolute atomic E-state index is 12.4. The van der Waals surface area contributed by atoms with Crippen LogP contribution < -0.4 is 15.5 Å².